The summed E-state index contributed by atoms with van der Waals surface area (Å²) < 4.78 is 7.18. The third-order valence-electron chi connectivity index (χ3n) is 4.59. The van der Waals surface area contributed by atoms with Crippen LogP contribution in [0.3, 0.4) is 0 Å². The largest absolute Gasteiger partial charge is 0.467 e. The molecular weight excluding hydrogens is 446 g/mol. The van der Waals surface area contributed by atoms with Gasteiger partial charge in [0.25, 0.3) is 11.5 Å². The van der Waals surface area contributed by atoms with Crippen molar-refractivity contribution >= 4 is 40.5 Å². The van der Waals surface area contributed by atoms with Crippen LogP contribution in [0.4, 0.5) is 0 Å². The number of para-hydroxylation sites is 1. The van der Waals surface area contributed by atoms with E-state index in [9.17, 15) is 14.9 Å². The van der Waals surface area contributed by atoms with Crippen molar-refractivity contribution < 1.29 is 9.21 Å². The standard InChI is InChI=1S/C24H16ClN3O3S/c25-20-11-5-4-7-16(20)13-21-23(30)28(17-8-2-1-3-9-17)24(32-21)19(14-26)22(29)27-15-18-10-6-12-31-18/h1-13H,15H2,(H,27,29)/b21-13-,24-19-. The van der Waals surface area contributed by atoms with Crippen molar-refractivity contribution in [2.24, 2.45) is 0 Å². The molecule has 0 saturated heterocycles. The molecule has 158 valence electrons. The average Bonchev–Trinajstić information content (AvgIpc) is 3.43. The second-order valence-electron chi connectivity index (χ2n) is 6.66. The van der Waals surface area contributed by atoms with Gasteiger partial charge in [-0.25, -0.2) is 0 Å². The predicted octanol–water partition coefficient (Wildman–Crippen LogP) is 2.96. The van der Waals surface area contributed by atoms with Crippen molar-refractivity contribution in [2.75, 3.05) is 0 Å². The van der Waals surface area contributed by atoms with Crippen LogP contribution in [-0.4, -0.2) is 10.5 Å². The molecule has 0 unspecified atom stereocenters. The monoisotopic (exact) mass is 461 g/mol. The van der Waals surface area contributed by atoms with Gasteiger partial charge in [0.1, 0.15) is 16.5 Å². The molecule has 2 heterocycles. The molecule has 0 aliphatic heterocycles. The van der Waals surface area contributed by atoms with Crippen LogP contribution >= 0.6 is 22.9 Å². The topological polar surface area (TPSA) is 88.0 Å². The highest BCUT2D eigenvalue weighted by Crippen LogP contribution is 2.15. The number of nitriles is 1. The molecule has 4 rings (SSSR count). The maximum atomic E-state index is 13.3. The third kappa shape index (κ3) is 4.42. The van der Waals surface area contributed by atoms with Gasteiger partial charge in [-0.15, -0.1) is 11.3 Å². The number of furan rings is 1. The summed E-state index contributed by atoms with van der Waals surface area (Å²) >= 11 is 7.32. The summed E-state index contributed by atoms with van der Waals surface area (Å²) in [5.74, 6) is -0.0471. The van der Waals surface area contributed by atoms with Crippen LogP contribution < -0.4 is 20.1 Å². The number of nitrogens with zero attached hydrogens (tertiary/aromatic N) is 2. The Morgan fingerprint density at radius 2 is 1.88 bits per heavy atom. The zero-order valence-corrected chi connectivity index (χ0v) is 18.2. The van der Waals surface area contributed by atoms with E-state index in [1.807, 2.05) is 18.2 Å². The lowest BCUT2D eigenvalue weighted by Gasteiger charge is -2.04. The van der Waals surface area contributed by atoms with Crippen LogP contribution in [0.15, 0.2) is 82.2 Å². The molecule has 1 amide bonds. The van der Waals surface area contributed by atoms with E-state index >= 15 is 0 Å². The Morgan fingerprint density at radius 3 is 2.56 bits per heavy atom. The number of benzene rings is 2. The fourth-order valence-electron chi connectivity index (χ4n) is 3.06. The average molecular weight is 462 g/mol. The van der Waals surface area contributed by atoms with Gasteiger partial charge in [-0.1, -0.05) is 48.0 Å². The van der Waals surface area contributed by atoms with E-state index in [1.54, 1.807) is 60.7 Å². The fraction of sp³-hybridized carbons (Fsp3) is 0.0417. The van der Waals surface area contributed by atoms with E-state index < -0.39 is 5.91 Å². The number of hydrogen-bond donors (Lipinski definition) is 1. The summed E-state index contributed by atoms with van der Waals surface area (Å²) in [5.41, 5.74) is 0.707. The minimum Gasteiger partial charge on any atom is -0.467 e. The van der Waals surface area contributed by atoms with Crippen LogP contribution in [0, 0.1) is 11.3 Å². The molecule has 1 N–H and O–H groups in total. The molecule has 0 radical (unpaired) electrons. The highest BCUT2D eigenvalue weighted by molar-refractivity contribution is 7.07. The number of halogens is 1. The smallest absolute Gasteiger partial charge is 0.273 e. The van der Waals surface area contributed by atoms with Gasteiger partial charge in [-0.2, -0.15) is 5.26 Å². The van der Waals surface area contributed by atoms with Gasteiger partial charge in [0, 0.05) is 5.02 Å². The number of aromatic nitrogens is 1. The Kier molecular flexibility index (Phi) is 6.36. The minimum absolute atomic E-state index is 0.122. The molecule has 8 heteroatoms. The minimum atomic E-state index is -0.598. The molecule has 2 aromatic heterocycles. The van der Waals surface area contributed by atoms with E-state index in [0.717, 1.165) is 11.3 Å². The second-order valence-corrected chi connectivity index (χ2v) is 8.10. The Bertz CT molecular complexity index is 1480. The van der Waals surface area contributed by atoms with Gasteiger partial charge in [0.2, 0.25) is 0 Å². The summed E-state index contributed by atoms with van der Waals surface area (Å²) in [7, 11) is 0. The maximum absolute atomic E-state index is 13.3. The lowest BCUT2D eigenvalue weighted by Crippen LogP contribution is -2.33. The van der Waals surface area contributed by atoms with Crippen LogP contribution in [-0.2, 0) is 11.3 Å². The predicted molar refractivity (Wildman–Crippen MR) is 124 cm³/mol. The van der Waals surface area contributed by atoms with Gasteiger partial charge in [-0.05, 0) is 42.0 Å². The van der Waals surface area contributed by atoms with Gasteiger partial charge >= 0.3 is 0 Å². The zero-order chi connectivity index (χ0) is 22.5. The van der Waals surface area contributed by atoms with Crippen LogP contribution in [0.25, 0.3) is 17.3 Å². The highest BCUT2D eigenvalue weighted by Gasteiger charge is 2.17. The van der Waals surface area contributed by atoms with Crippen molar-refractivity contribution in [1.29, 1.82) is 5.26 Å². The van der Waals surface area contributed by atoms with Gasteiger partial charge in [0.05, 0.1) is 23.0 Å². The molecule has 0 atom stereocenters. The van der Waals surface area contributed by atoms with E-state index in [4.69, 9.17) is 16.0 Å². The molecule has 32 heavy (non-hydrogen) atoms. The highest BCUT2D eigenvalue weighted by atomic mass is 35.5. The number of rotatable bonds is 5. The number of hydrogen-bond acceptors (Lipinski definition) is 5. The Balaban J connectivity index is 1.92. The van der Waals surface area contributed by atoms with Crippen LogP contribution in [0.5, 0.6) is 0 Å². The summed E-state index contributed by atoms with van der Waals surface area (Å²) in [6, 6.07) is 21.4. The number of thiazole rings is 1. The van der Waals surface area contributed by atoms with Crippen molar-refractivity contribution in [3.05, 3.63) is 109 Å². The maximum Gasteiger partial charge on any atom is 0.273 e. The summed E-state index contributed by atoms with van der Waals surface area (Å²) in [6.45, 7) is 0.122. The first kappa shape index (κ1) is 21.4. The number of carbonyl (C=O) groups excluding carboxylic acids is 1. The van der Waals surface area contributed by atoms with Crippen molar-refractivity contribution in [3.63, 3.8) is 0 Å². The summed E-state index contributed by atoms with van der Waals surface area (Å²) in [5, 5.41) is 13.0. The molecule has 6 nitrogen and oxygen atoms in total. The number of carbonyl (C=O) groups is 1. The van der Waals surface area contributed by atoms with E-state index in [0.29, 0.717) is 26.6 Å². The molecule has 0 fully saturated rings. The molecule has 4 aromatic rings. The molecule has 0 spiro atoms. The lowest BCUT2D eigenvalue weighted by atomic mass is 10.2. The van der Waals surface area contributed by atoms with Crippen molar-refractivity contribution in [1.82, 2.24) is 9.88 Å². The molecule has 0 aliphatic carbocycles. The summed E-state index contributed by atoms with van der Waals surface area (Å²) in [6.07, 6.45) is 3.16. The number of amides is 1. The van der Waals surface area contributed by atoms with Gasteiger partial charge in [-0.3, -0.25) is 14.2 Å². The molecule has 0 aliphatic rings. The zero-order valence-electron chi connectivity index (χ0n) is 16.6. The van der Waals surface area contributed by atoms with Crippen molar-refractivity contribution in [3.8, 4) is 11.8 Å². The first-order valence-corrected chi connectivity index (χ1v) is 10.8. The van der Waals surface area contributed by atoms with E-state index in [1.165, 1.54) is 10.8 Å². The quantitative estimate of drug-likeness (QED) is 0.495. The molecule has 2 aromatic carbocycles. The first-order valence-electron chi connectivity index (χ1n) is 9.57. The van der Waals surface area contributed by atoms with Crippen LogP contribution in [0.1, 0.15) is 11.3 Å². The van der Waals surface area contributed by atoms with Crippen LogP contribution in [0.2, 0.25) is 5.02 Å². The number of nitrogens with one attached hydrogen (secondary N) is 1. The second kappa shape index (κ2) is 9.52. The Hall–Kier alpha value is -3.86. The molecule has 0 bridgehead atoms. The molecular formula is C24H16ClN3O3S. The first-order chi connectivity index (χ1) is 15.6. The summed E-state index contributed by atoms with van der Waals surface area (Å²) in [4.78, 5) is 26.2. The van der Waals surface area contributed by atoms with E-state index in [2.05, 4.69) is 5.32 Å². The Morgan fingerprint density at radius 1 is 1.12 bits per heavy atom. The fourth-order valence-corrected chi connectivity index (χ4v) is 4.34. The van der Waals surface area contributed by atoms with Gasteiger partial charge in [0.15, 0.2) is 5.57 Å². The van der Waals surface area contributed by atoms with E-state index in [-0.39, 0.29) is 22.3 Å². The SMILES string of the molecule is N#C/C(C(=O)NCc1ccco1)=c1/s/c(=C\c2ccccc2Cl)c(=O)n1-c1ccccc1. The lowest BCUT2D eigenvalue weighted by molar-refractivity contribution is -0.115. The normalized spacial score (nSPS) is 12.3. The third-order valence-corrected chi connectivity index (χ3v) is 6.02. The van der Waals surface area contributed by atoms with Crippen molar-refractivity contribution in [2.45, 2.75) is 6.54 Å². The Labute approximate surface area is 191 Å². The molecule has 0 saturated carbocycles. The van der Waals surface area contributed by atoms with Gasteiger partial charge < -0.3 is 9.73 Å².